The maximum absolute atomic E-state index is 13.1. The number of aryl methyl sites for hydroxylation is 1. The molecule has 6 heteroatoms. The second-order valence-corrected chi connectivity index (χ2v) is 7.94. The summed E-state index contributed by atoms with van der Waals surface area (Å²) < 4.78 is 10.8. The summed E-state index contributed by atoms with van der Waals surface area (Å²) in [6.07, 6.45) is 4.37. The van der Waals surface area contributed by atoms with E-state index in [0.717, 1.165) is 38.8 Å². The predicted octanol–water partition coefficient (Wildman–Crippen LogP) is 4.00. The van der Waals surface area contributed by atoms with Gasteiger partial charge in [-0.3, -0.25) is 9.59 Å². The smallest absolute Gasteiger partial charge is 0.256 e. The summed E-state index contributed by atoms with van der Waals surface area (Å²) in [5, 5.41) is 2.98. The van der Waals surface area contributed by atoms with Gasteiger partial charge in [-0.25, -0.2) is 0 Å². The van der Waals surface area contributed by atoms with Crippen molar-refractivity contribution in [1.29, 1.82) is 0 Å². The summed E-state index contributed by atoms with van der Waals surface area (Å²) in [5.74, 6) is 0.980. The zero-order chi connectivity index (χ0) is 21.1. The number of likely N-dealkylation sites (tertiary alicyclic amines) is 1. The van der Waals surface area contributed by atoms with Gasteiger partial charge in [0.15, 0.2) is 11.5 Å². The fourth-order valence-electron chi connectivity index (χ4n) is 4.53. The van der Waals surface area contributed by atoms with E-state index in [4.69, 9.17) is 9.47 Å². The Labute approximate surface area is 177 Å². The third kappa shape index (κ3) is 3.99. The number of amides is 2. The number of anilines is 1. The molecule has 1 aliphatic heterocycles. The Bertz CT molecular complexity index is 950. The van der Waals surface area contributed by atoms with Crippen LogP contribution in [0.15, 0.2) is 36.4 Å². The summed E-state index contributed by atoms with van der Waals surface area (Å²) in [7, 11) is 3.08. The molecule has 2 aliphatic rings. The first kappa shape index (κ1) is 20.3. The van der Waals surface area contributed by atoms with Crippen LogP contribution in [0, 0.1) is 0 Å². The van der Waals surface area contributed by atoms with E-state index in [1.54, 1.807) is 19.2 Å². The largest absolute Gasteiger partial charge is 0.493 e. The van der Waals surface area contributed by atoms with Crippen LogP contribution < -0.4 is 14.8 Å². The first-order valence-corrected chi connectivity index (χ1v) is 10.5. The Morgan fingerprint density at radius 2 is 1.77 bits per heavy atom. The number of rotatable bonds is 6. The minimum atomic E-state index is -0.0978. The molecule has 1 saturated heterocycles. The lowest BCUT2D eigenvalue weighted by atomic mass is 9.97. The number of fused-ring (bicyclic) bond motifs is 1. The molecule has 1 aliphatic carbocycles. The summed E-state index contributed by atoms with van der Waals surface area (Å²) in [4.78, 5) is 27.8. The van der Waals surface area contributed by atoms with E-state index < -0.39 is 0 Å². The van der Waals surface area contributed by atoms with Crippen LogP contribution in [0.25, 0.3) is 0 Å². The number of hydrogen-bond acceptors (Lipinski definition) is 4. The highest BCUT2D eigenvalue weighted by molar-refractivity contribution is 6.04. The van der Waals surface area contributed by atoms with E-state index in [9.17, 15) is 9.59 Å². The standard InChI is InChI=1S/C24H28N2O4/c1-29-21-14-19(24(28)26-11-5-6-12-26)20(15-22(21)30-2)25-23(27)13-17-10-9-16-7-3-4-8-18(16)17/h3-4,7-8,14-15,17H,5-6,9-13H2,1-2H3,(H,25,27). The van der Waals surface area contributed by atoms with Gasteiger partial charge in [-0.1, -0.05) is 24.3 Å². The van der Waals surface area contributed by atoms with Crippen LogP contribution in [0.1, 0.15) is 53.1 Å². The molecule has 0 saturated carbocycles. The molecular formula is C24H28N2O4. The van der Waals surface area contributed by atoms with Crippen LogP contribution >= 0.6 is 0 Å². The van der Waals surface area contributed by atoms with E-state index in [0.29, 0.717) is 29.2 Å². The lowest BCUT2D eigenvalue weighted by Gasteiger charge is -2.20. The Morgan fingerprint density at radius 1 is 1.07 bits per heavy atom. The van der Waals surface area contributed by atoms with Crippen LogP contribution in [0.4, 0.5) is 5.69 Å². The van der Waals surface area contributed by atoms with E-state index in [2.05, 4.69) is 17.4 Å². The van der Waals surface area contributed by atoms with Gasteiger partial charge in [-0.15, -0.1) is 0 Å². The molecule has 1 fully saturated rings. The van der Waals surface area contributed by atoms with Crippen LogP contribution in [0.3, 0.4) is 0 Å². The van der Waals surface area contributed by atoms with E-state index >= 15 is 0 Å². The van der Waals surface area contributed by atoms with Crippen molar-refractivity contribution in [2.24, 2.45) is 0 Å². The van der Waals surface area contributed by atoms with Gasteiger partial charge >= 0.3 is 0 Å². The average molecular weight is 408 g/mol. The molecule has 0 aromatic heterocycles. The Balaban J connectivity index is 1.57. The van der Waals surface area contributed by atoms with Gasteiger partial charge in [-0.2, -0.15) is 0 Å². The average Bonchev–Trinajstić information content (AvgIpc) is 3.43. The van der Waals surface area contributed by atoms with Gasteiger partial charge in [0.05, 0.1) is 25.5 Å². The first-order chi connectivity index (χ1) is 14.6. The van der Waals surface area contributed by atoms with E-state index in [1.165, 1.54) is 18.2 Å². The van der Waals surface area contributed by atoms with E-state index in [1.807, 2.05) is 17.0 Å². The fraction of sp³-hybridized carbons (Fsp3) is 0.417. The number of methoxy groups -OCH3 is 2. The zero-order valence-corrected chi connectivity index (χ0v) is 17.6. The van der Waals surface area contributed by atoms with Crippen LogP contribution in [0.5, 0.6) is 11.5 Å². The molecule has 1 atom stereocenters. The summed E-state index contributed by atoms with van der Waals surface area (Å²) in [6, 6.07) is 11.7. The van der Waals surface area contributed by atoms with E-state index in [-0.39, 0.29) is 17.7 Å². The quantitative estimate of drug-likeness (QED) is 0.785. The number of nitrogens with one attached hydrogen (secondary N) is 1. The maximum Gasteiger partial charge on any atom is 0.256 e. The van der Waals surface area contributed by atoms with Crippen molar-refractivity contribution in [2.75, 3.05) is 32.6 Å². The molecule has 4 rings (SSSR count). The fourth-order valence-corrected chi connectivity index (χ4v) is 4.53. The predicted molar refractivity (Wildman–Crippen MR) is 115 cm³/mol. The van der Waals surface area contributed by atoms with Crippen LogP contribution in [-0.4, -0.2) is 44.0 Å². The second-order valence-electron chi connectivity index (χ2n) is 7.94. The van der Waals surface area contributed by atoms with Crippen molar-refractivity contribution < 1.29 is 19.1 Å². The molecule has 158 valence electrons. The molecule has 0 radical (unpaired) electrons. The third-order valence-corrected chi connectivity index (χ3v) is 6.11. The number of ether oxygens (including phenoxy) is 2. The monoisotopic (exact) mass is 408 g/mol. The Morgan fingerprint density at radius 3 is 2.50 bits per heavy atom. The summed E-state index contributed by atoms with van der Waals surface area (Å²) in [5.41, 5.74) is 3.50. The van der Waals surface area contributed by atoms with Gasteiger partial charge in [0.1, 0.15) is 0 Å². The maximum atomic E-state index is 13.1. The molecule has 0 spiro atoms. The molecule has 2 aromatic carbocycles. The number of carbonyl (C=O) groups excluding carboxylic acids is 2. The Kier molecular flexibility index (Phi) is 5.93. The first-order valence-electron chi connectivity index (χ1n) is 10.5. The van der Waals surface area contributed by atoms with Crippen molar-refractivity contribution in [1.82, 2.24) is 4.90 Å². The van der Waals surface area contributed by atoms with Crippen molar-refractivity contribution in [3.8, 4) is 11.5 Å². The molecule has 1 heterocycles. The number of carbonyl (C=O) groups is 2. The van der Waals surface area contributed by atoms with Gasteiger partial charge in [-0.05, 0) is 48.8 Å². The molecule has 6 nitrogen and oxygen atoms in total. The highest BCUT2D eigenvalue weighted by Crippen LogP contribution is 2.37. The van der Waals surface area contributed by atoms with Crippen LogP contribution in [0.2, 0.25) is 0 Å². The molecule has 30 heavy (non-hydrogen) atoms. The second kappa shape index (κ2) is 8.78. The molecule has 1 unspecified atom stereocenters. The van der Waals surface area contributed by atoms with Crippen LogP contribution in [-0.2, 0) is 11.2 Å². The van der Waals surface area contributed by atoms with Gasteiger partial charge in [0.25, 0.3) is 5.91 Å². The molecule has 1 N–H and O–H groups in total. The number of benzene rings is 2. The molecular weight excluding hydrogens is 380 g/mol. The van der Waals surface area contributed by atoms with Crippen molar-refractivity contribution in [2.45, 2.75) is 38.0 Å². The molecule has 0 bridgehead atoms. The van der Waals surface area contributed by atoms with Gasteiger partial charge in [0.2, 0.25) is 5.91 Å². The SMILES string of the molecule is COc1cc(NC(=O)CC2CCc3ccccc32)c(C(=O)N2CCCC2)cc1OC. The minimum Gasteiger partial charge on any atom is -0.493 e. The third-order valence-electron chi connectivity index (χ3n) is 6.11. The van der Waals surface area contributed by atoms with Gasteiger partial charge < -0.3 is 19.7 Å². The zero-order valence-electron chi connectivity index (χ0n) is 17.6. The Hall–Kier alpha value is -3.02. The lowest BCUT2D eigenvalue weighted by molar-refractivity contribution is -0.116. The number of nitrogens with zero attached hydrogens (tertiary/aromatic N) is 1. The number of hydrogen-bond donors (Lipinski definition) is 1. The van der Waals surface area contributed by atoms with Crippen molar-refractivity contribution in [3.05, 3.63) is 53.1 Å². The highest BCUT2D eigenvalue weighted by Gasteiger charge is 2.27. The lowest BCUT2D eigenvalue weighted by Crippen LogP contribution is -2.29. The van der Waals surface area contributed by atoms with Crippen molar-refractivity contribution in [3.63, 3.8) is 0 Å². The summed E-state index contributed by atoms with van der Waals surface area (Å²) >= 11 is 0. The minimum absolute atomic E-state index is 0.0880. The molecule has 2 aromatic rings. The molecule has 2 amide bonds. The normalized spacial score (nSPS) is 17.5. The van der Waals surface area contributed by atoms with Gasteiger partial charge in [0, 0.05) is 25.6 Å². The highest BCUT2D eigenvalue weighted by atomic mass is 16.5. The topological polar surface area (TPSA) is 67.9 Å². The van der Waals surface area contributed by atoms with Crippen molar-refractivity contribution >= 4 is 17.5 Å². The summed E-state index contributed by atoms with van der Waals surface area (Å²) in [6.45, 7) is 1.47.